The monoisotopic (exact) mass is 327 g/mol. The molecule has 3 rings (SSSR count). The zero-order valence-electron chi connectivity index (χ0n) is 11.8. The van der Waals surface area contributed by atoms with Gasteiger partial charge in [-0.1, -0.05) is 35.9 Å². The van der Waals surface area contributed by atoms with Crippen molar-refractivity contribution in [3.63, 3.8) is 0 Å². The molecule has 23 heavy (non-hydrogen) atoms. The average Bonchev–Trinajstić information content (AvgIpc) is 2.55. The van der Waals surface area contributed by atoms with Crippen LogP contribution in [-0.4, -0.2) is 17.1 Å². The van der Waals surface area contributed by atoms with Crippen molar-refractivity contribution in [2.75, 3.05) is 0 Å². The Labute approximate surface area is 136 Å². The minimum absolute atomic E-state index is 0.185. The molecule has 0 aliphatic rings. The molecule has 114 valence electrons. The highest BCUT2D eigenvalue weighted by atomic mass is 35.5. The first-order valence-corrected chi connectivity index (χ1v) is 7.15. The van der Waals surface area contributed by atoms with Crippen LogP contribution in [0.4, 0.5) is 4.39 Å². The molecule has 0 saturated carbocycles. The molecule has 1 amide bonds. The Morgan fingerprint density at radius 2 is 2.00 bits per heavy atom. The topological polar surface area (TPSA) is 54.4 Å². The van der Waals surface area contributed by atoms with Gasteiger partial charge >= 0.3 is 0 Å². The molecule has 0 unspecified atom stereocenters. The first kappa shape index (κ1) is 15.1. The van der Waals surface area contributed by atoms with Gasteiger partial charge in [-0.15, -0.1) is 0 Å². The molecule has 0 saturated heterocycles. The number of para-hydroxylation sites is 1. The summed E-state index contributed by atoms with van der Waals surface area (Å²) in [6.45, 7) is 0. The van der Waals surface area contributed by atoms with Gasteiger partial charge in [-0.25, -0.2) is 14.8 Å². The molecule has 0 aliphatic heterocycles. The lowest BCUT2D eigenvalue weighted by Crippen LogP contribution is -2.17. The number of fused-ring (bicyclic) bond motifs is 1. The van der Waals surface area contributed by atoms with E-state index in [1.807, 2.05) is 30.3 Å². The summed E-state index contributed by atoms with van der Waals surface area (Å²) in [7, 11) is 0. The molecule has 6 heteroatoms. The van der Waals surface area contributed by atoms with Gasteiger partial charge in [0.2, 0.25) is 0 Å². The van der Waals surface area contributed by atoms with E-state index in [0.717, 1.165) is 17.0 Å². The van der Waals surface area contributed by atoms with Crippen molar-refractivity contribution < 1.29 is 9.18 Å². The van der Waals surface area contributed by atoms with Gasteiger partial charge in [0.25, 0.3) is 5.91 Å². The Bertz CT molecular complexity index is 911. The number of benzene rings is 2. The molecule has 1 N–H and O–H groups in total. The summed E-state index contributed by atoms with van der Waals surface area (Å²) in [5, 5.41) is 5.04. The largest absolute Gasteiger partial charge is 0.271 e. The number of halogens is 2. The van der Waals surface area contributed by atoms with E-state index in [-0.39, 0.29) is 10.7 Å². The minimum atomic E-state index is -0.509. The summed E-state index contributed by atoms with van der Waals surface area (Å²) in [4.78, 5) is 16.1. The van der Waals surface area contributed by atoms with E-state index in [1.165, 1.54) is 24.4 Å². The number of rotatable bonds is 3. The number of hydrogen-bond acceptors (Lipinski definition) is 3. The molecule has 4 nitrogen and oxygen atoms in total. The van der Waals surface area contributed by atoms with Crippen LogP contribution in [0.1, 0.15) is 15.9 Å². The summed E-state index contributed by atoms with van der Waals surface area (Å²) >= 11 is 6.09. The zero-order valence-corrected chi connectivity index (χ0v) is 12.6. The third-order valence-electron chi connectivity index (χ3n) is 3.16. The van der Waals surface area contributed by atoms with Crippen LogP contribution in [0, 0.1) is 5.82 Å². The average molecular weight is 328 g/mol. The van der Waals surface area contributed by atoms with Crippen LogP contribution in [0.2, 0.25) is 5.15 Å². The predicted octanol–water partition coefficient (Wildman–Crippen LogP) is 3.79. The van der Waals surface area contributed by atoms with Crippen LogP contribution in [0.15, 0.2) is 59.7 Å². The molecule has 0 aliphatic carbocycles. The maximum absolute atomic E-state index is 13.1. The Morgan fingerprint density at radius 1 is 1.17 bits per heavy atom. The smallest absolute Gasteiger partial charge is 0.267 e. The van der Waals surface area contributed by atoms with Crippen molar-refractivity contribution in [2.24, 2.45) is 5.10 Å². The molecular formula is C17H11ClFN3O. The number of hydrazone groups is 1. The fourth-order valence-electron chi connectivity index (χ4n) is 2.05. The quantitative estimate of drug-likeness (QED) is 0.452. The molecule has 0 bridgehead atoms. The Kier molecular flexibility index (Phi) is 4.30. The van der Waals surface area contributed by atoms with Gasteiger partial charge in [0.1, 0.15) is 11.0 Å². The maximum atomic E-state index is 13.1. The molecular weight excluding hydrogens is 317 g/mol. The van der Waals surface area contributed by atoms with Gasteiger partial charge in [-0.05, 0) is 30.3 Å². The van der Waals surface area contributed by atoms with Crippen molar-refractivity contribution in [1.82, 2.24) is 10.4 Å². The van der Waals surface area contributed by atoms with Gasteiger partial charge in [-0.3, -0.25) is 4.79 Å². The second-order valence-corrected chi connectivity index (χ2v) is 5.13. The third-order valence-corrected chi connectivity index (χ3v) is 3.46. The van der Waals surface area contributed by atoms with E-state index in [4.69, 9.17) is 11.6 Å². The Hall–Kier alpha value is -2.79. The van der Waals surface area contributed by atoms with Crippen LogP contribution >= 0.6 is 11.6 Å². The number of amides is 1. The standard InChI is InChI=1S/C17H11ClFN3O/c18-16-13(8-11-4-1-2-7-15(11)21-16)10-20-22-17(23)12-5-3-6-14(19)9-12/h1-10H,(H,22,23). The van der Waals surface area contributed by atoms with E-state index < -0.39 is 11.7 Å². The van der Waals surface area contributed by atoms with E-state index in [1.54, 1.807) is 0 Å². The minimum Gasteiger partial charge on any atom is -0.267 e. The summed E-state index contributed by atoms with van der Waals surface area (Å²) in [5.74, 6) is -0.992. The number of carbonyl (C=O) groups excluding carboxylic acids is 1. The molecule has 1 heterocycles. The number of aromatic nitrogens is 1. The first-order chi connectivity index (χ1) is 11.1. The highest BCUT2D eigenvalue weighted by Gasteiger charge is 2.06. The Balaban J connectivity index is 1.78. The maximum Gasteiger partial charge on any atom is 0.271 e. The summed E-state index contributed by atoms with van der Waals surface area (Å²) in [5.41, 5.74) is 3.86. The van der Waals surface area contributed by atoms with Crippen molar-refractivity contribution in [1.29, 1.82) is 0 Å². The fourth-order valence-corrected chi connectivity index (χ4v) is 2.25. The highest BCUT2D eigenvalue weighted by molar-refractivity contribution is 6.32. The lowest BCUT2D eigenvalue weighted by atomic mass is 10.2. The number of hydrogen-bond donors (Lipinski definition) is 1. The predicted molar refractivity (Wildman–Crippen MR) is 88.2 cm³/mol. The van der Waals surface area contributed by atoms with E-state index in [0.29, 0.717) is 5.56 Å². The SMILES string of the molecule is O=C(NN=Cc1cc2ccccc2nc1Cl)c1cccc(F)c1. The van der Waals surface area contributed by atoms with Crippen molar-refractivity contribution >= 4 is 34.6 Å². The molecule has 3 aromatic rings. The van der Waals surface area contributed by atoms with Crippen LogP contribution in [0.5, 0.6) is 0 Å². The number of nitrogens with one attached hydrogen (secondary N) is 1. The Morgan fingerprint density at radius 3 is 2.83 bits per heavy atom. The van der Waals surface area contributed by atoms with Gasteiger partial charge in [0, 0.05) is 16.5 Å². The zero-order chi connectivity index (χ0) is 16.2. The van der Waals surface area contributed by atoms with Gasteiger partial charge in [-0.2, -0.15) is 5.10 Å². The fraction of sp³-hybridized carbons (Fsp3) is 0. The lowest BCUT2D eigenvalue weighted by Gasteiger charge is -2.02. The molecule has 0 atom stereocenters. The van der Waals surface area contributed by atoms with Crippen molar-refractivity contribution in [3.8, 4) is 0 Å². The summed E-state index contributed by atoms with van der Waals surface area (Å²) < 4.78 is 13.1. The summed E-state index contributed by atoms with van der Waals surface area (Å²) in [6.07, 6.45) is 1.40. The van der Waals surface area contributed by atoms with Crippen LogP contribution < -0.4 is 5.43 Å². The van der Waals surface area contributed by atoms with E-state index >= 15 is 0 Å². The summed E-state index contributed by atoms with van der Waals surface area (Å²) in [6, 6.07) is 14.7. The van der Waals surface area contributed by atoms with E-state index in [9.17, 15) is 9.18 Å². The second kappa shape index (κ2) is 6.54. The van der Waals surface area contributed by atoms with Gasteiger partial charge in [0.05, 0.1) is 11.7 Å². The van der Waals surface area contributed by atoms with Crippen LogP contribution in [0.3, 0.4) is 0 Å². The first-order valence-electron chi connectivity index (χ1n) is 6.78. The van der Waals surface area contributed by atoms with E-state index in [2.05, 4.69) is 15.5 Å². The molecule has 2 aromatic carbocycles. The molecule has 0 radical (unpaired) electrons. The van der Waals surface area contributed by atoms with Crippen LogP contribution in [0.25, 0.3) is 10.9 Å². The molecule has 1 aromatic heterocycles. The number of pyridine rings is 1. The second-order valence-electron chi connectivity index (χ2n) is 4.77. The van der Waals surface area contributed by atoms with Crippen LogP contribution in [-0.2, 0) is 0 Å². The third kappa shape index (κ3) is 3.52. The molecule has 0 fully saturated rings. The number of carbonyl (C=O) groups is 1. The highest BCUT2D eigenvalue weighted by Crippen LogP contribution is 2.18. The molecule has 0 spiro atoms. The van der Waals surface area contributed by atoms with Crippen molar-refractivity contribution in [2.45, 2.75) is 0 Å². The van der Waals surface area contributed by atoms with Crippen molar-refractivity contribution in [3.05, 3.63) is 76.7 Å². The van der Waals surface area contributed by atoms with Gasteiger partial charge in [0.15, 0.2) is 0 Å². The van der Waals surface area contributed by atoms with Gasteiger partial charge < -0.3 is 0 Å². The lowest BCUT2D eigenvalue weighted by molar-refractivity contribution is 0.0954. The normalized spacial score (nSPS) is 11.0. The number of nitrogens with zero attached hydrogens (tertiary/aromatic N) is 2.